The summed E-state index contributed by atoms with van der Waals surface area (Å²) in [4.78, 5) is 5.47. The van der Waals surface area contributed by atoms with Gasteiger partial charge in [-0.3, -0.25) is 0 Å². The fourth-order valence-electron chi connectivity index (χ4n) is 2.32. The molecule has 1 aromatic heterocycles. The highest BCUT2D eigenvalue weighted by molar-refractivity contribution is 5.48. The zero-order chi connectivity index (χ0) is 13.1. The standard InChI is InChI=1S/C12H17F2N3O/c13-9-6-10(14)12(16-11(9)15)17-5-3-1-2-4-8(17)7-18/h6,8,18H,1-5,7H2,(H2,15,16). The van der Waals surface area contributed by atoms with Crippen molar-refractivity contribution in [2.24, 2.45) is 0 Å². The van der Waals surface area contributed by atoms with Crippen LogP contribution in [-0.4, -0.2) is 29.3 Å². The Kier molecular flexibility index (Phi) is 3.96. The lowest BCUT2D eigenvalue weighted by molar-refractivity contribution is 0.254. The molecule has 4 nitrogen and oxygen atoms in total. The first-order valence-corrected chi connectivity index (χ1v) is 6.12. The van der Waals surface area contributed by atoms with E-state index in [4.69, 9.17) is 5.73 Å². The number of aromatic nitrogens is 1. The first-order valence-electron chi connectivity index (χ1n) is 6.12. The second-order valence-corrected chi connectivity index (χ2v) is 4.54. The maximum atomic E-state index is 13.8. The van der Waals surface area contributed by atoms with Crippen molar-refractivity contribution in [1.82, 2.24) is 4.98 Å². The summed E-state index contributed by atoms with van der Waals surface area (Å²) in [7, 11) is 0. The van der Waals surface area contributed by atoms with Crippen molar-refractivity contribution in [1.29, 1.82) is 0 Å². The van der Waals surface area contributed by atoms with E-state index in [9.17, 15) is 13.9 Å². The molecule has 1 unspecified atom stereocenters. The monoisotopic (exact) mass is 257 g/mol. The smallest absolute Gasteiger partial charge is 0.168 e. The van der Waals surface area contributed by atoms with Crippen LogP contribution in [0.25, 0.3) is 0 Å². The van der Waals surface area contributed by atoms with E-state index in [-0.39, 0.29) is 24.3 Å². The summed E-state index contributed by atoms with van der Waals surface area (Å²) in [5.41, 5.74) is 5.38. The molecule has 1 aromatic rings. The van der Waals surface area contributed by atoms with Gasteiger partial charge >= 0.3 is 0 Å². The highest BCUT2D eigenvalue weighted by Gasteiger charge is 2.25. The third kappa shape index (κ3) is 2.53. The topological polar surface area (TPSA) is 62.4 Å². The maximum Gasteiger partial charge on any atom is 0.168 e. The summed E-state index contributed by atoms with van der Waals surface area (Å²) in [5.74, 6) is -1.86. The number of rotatable bonds is 2. The Labute approximate surface area is 104 Å². The predicted molar refractivity (Wildman–Crippen MR) is 65.3 cm³/mol. The van der Waals surface area contributed by atoms with Crippen LogP contribution in [0.1, 0.15) is 25.7 Å². The molecule has 6 heteroatoms. The summed E-state index contributed by atoms with van der Waals surface area (Å²) in [6.45, 7) is 0.526. The largest absolute Gasteiger partial charge is 0.394 e. The SMILES string of the molecule is Nc1nc(N2CCCCCC2CO)c(F)cc1F. The van der Waals surface area contributed by atoms with Crippen LogP contribution in [0.5, 0.6) is 0 Å². The molecule has 0 amide bonds. The van der Waals surface area contributed by atoms with Crippen molar-refractivity contribution < 1.29 is 13.9 Å². The summed E-state index contributed by atoms with van der Waals surface area (Å²) >= 11 is 0. The quantitative estimate of drug-likeness (QED) is 0.846. The third-order valence-corrected chi connectivity index (χ3v) is 3.30. The van der Waals surface area contributed by atoms with E-state index < -0.39 is 11.6 Å². The summed E-state index contributed by atoms with van der Waals surface area (Å²) in [6.07, 6.45) is 3.69. The molecule has 100 valence electrons. The molecule has 0 aromatic carbocycles. The molecule has 1 fully saturated rings. The number of hydrogen-bond acceptors (Lipinski definition) is 4. The number of nitrogen functional groups attached to an aromatic ring is 1. The molecule has 3 N–H and O–H groups in total. The molecule has 2 rings (SSSR count). The van der Waals surface area contributed by atoms with Crippen molar-refractivity contribution >= 4 is 11.6 Å². The average molecular weight is 257 g/mol. The molecule has 1 aliphatic rings. The van der Waals surface area contributed by atoms with Crippen LogP contribution >= 0.6 is 0 Å². The Morgan fingerprint density at radius 2 is 2.11 bits per heavy atom. The van der Waals surface area contributed by atoms with E-state index in [0.29, 0.717) is 6.54 Å². The fraction of sp³-hybridized carbons (Fsp3) is 0.583. The van der Waals surface area contributed by atoms with Gasteiger partial charge in [0.05, 0.1) is 12.6 Å². The Morgan fingerprint density at radius 1 is 1.33 bits per heavy atom. The van der Waals surface area contributed by atoms with Crippen LogP contribution in [0.2, 0.25) is 0 Å². The minimum Gasteiger partial charge on any atom is -0.394 e. The number of anilines is 2. The average Bonchev–Trinajstić information content (AvgIpc) is 2.58. The second kappa shape index (κ2) is 5.48. The summed E-state index contributed by atoms with van der Waals surface area (Å²) in [5, 5.41) is 9.37. The van der Waals surface area contributed by atoms with Crippen molar-refractivity contribution in [2.45, 2.75) is 31.7 Å². The normalized spacial score (nSPS) is 20.8. The summed E-state index contributed by atoms with van der Waals surface area (Å²) in [6, 6.07) is 0.566. The van der Waals surface area contributed by atoms with Crippen LogP contribution in [0, 0.1) is 11.6 Å². The van der Waals surface area contributed by atoms with Crippen LogP contribution in [0.3, 0.4) is 0 Å². The highest BCUT2D eigenvalue weighted by atomic mass is 19.1. The molecule has 0 radical (unpaired) electrons. The zero-order valence-electron chi connectivity index (χ0n) is 10.1. The minimum absolute atomic E-state index is 0.0369. The maximum absolute atomic E-state index is 13.8. The van der Waals surface area contributed by atoms with Gasteiger partial charge < -0.3 is 15.7 Å². The van der Waals surface area contributed by atoms with E-state index >= 15 is 0 Å². The number of hydrogen-bond donors (Lipinski definition) is 2. The van der Waals surface area contributed by atoms with Crippen molar-refractivity contribution in [3.8, 4) is 0 Å². The van der Waals surface area contributed by atoms with E-state index in [1.54, 1.807) is 4.90 Å². The zero-order valence-corrected chi connectivity index (χ0v) is 10.1. The van der Waals surface area contributed by atoms with Gasteiger partial charge in [0.1, 0.15) is 0 Å². The van der Waals surface area contributed by atoms with E-state index in [0.717, 1.165) is 31.7 Å². The first-order chi connectivity index (χ1) is 8.63. The molecule has 1 aliphatic heterocycles. The van der Waals surface area contributed by atoms with Gasteiger partial charge in [0.25, 0.3) is 0 Å². The van der Waals surface area contributed by atoms with Gasteiger partial charge in [-0.25, -0.2) is 13.8 Å². The molecular weight excluding hydrogens is 240 g/mol. The lowest BCUT2D eigenvalue weighted by Gasteiger charge is -2.30. The van der Waals surface area contributed by atoms with Crippen molar-refractivity contribution in [3.05, 3.63) is 17.7 Å². The fourth-order valence-corrected chi connectivity index (χ4v) is 2.32. The predicted octanol–water partition coefficient (Wildman–Crippen LogP) is 1.68. The van der Waals surface area contributed by atoms with Crippen LogP contribution in [-0.2, 0) is 0 Å². The first kappa shape index (κ1) is 13.0. The Balaban J connectivity index is 2.35. The van der Waals surface area contributed by atoms with Gasteiger partial charge in [-0.05, 0) is 12.8 Å². The molecule has 18 heavy (non-hydrogen) atoms. The molecule has 0 spiro atoms. The number of nitrogens with two attached hydrogens (primary N) is 1. The lowest BCUT2D eigenvalue weighted by atomic mass is 10.1. The number of pyridine rings is 1. The Morgan fingerprint density at radius 3 is 2.83 bits per heavy atom. The third-order valence-electron chi connectivity index (χ3n) is 3.30. The molecular formula is C12H17F2N3O. The molecule has 0 aliphatic carbocycles. The van der Waals surface area contributed by atoms with Crippen LogP contribution < -0.4 is 10.6 Å². The Hall–Kier alpha value is -1.43. The highest BCUT2D eigenvalue weighted by Crippen LogP contribution is 2.26. The molecule has 1 atom stereocenters. The molecule has 0 bridgehead atoms. The van der Waals surface area contributed by atoms with Gasteiger partial charge in [-0.1, -0.05) is 12.8 Å². The number of nitrogens with zero attached hydrogens (tertiary/aromatic N) is 2. The minimum atomic E-state index is -0.855. The lowest BCUT2D eigenvalue weighted by Crippen LogP contribution is -2.38. The second-order valence-electron chi connectivity index (χ2n) is 4.54. The number of halogens is 2. The van der Waals surface area contributed by atoms with Gasteiger partial charge in [-0.2, -0.15) is 0 Å². The van der Waals surface area contributed by atoms with Gasteiger partial charge in [-0.15, -0.1) is 0 Å². The molecule has 0 saturated carbocycles. The van der Waals surface area contributed by atoms with Gasteiger partial charge in [0.15, 0.2) is 23.3 Å². The Bertz CT molecular complexity index is 428. The number of aliphatic hydroxyl groups is 1. The van der Waals surface area contributed by atoms with Crippen LogP contribution in [0.15, 0.2) is 6.07 Å². The van der Waals surface area contributed by atoms with Gasteiger partial charge in [0, 0.05) is 12.6 Å². The van der Waals surface area contributed by atoms with E-state index in [1.807, 2.05) is 0 Å². The van der Waals surface area contributed by atoms with E-state index in [2.05, 4.69) is 4.98 Å². The van der Waals surface area contributed by atoms with Crippen LogP contribution in [0.4, 0.5) is 20.4 Å². The van der Waals surface area contributed by atoms with Crippen molar-refractivity contribution in [3.63, 3.8) is 0 Å². The van der Waals surface area contributed by atoms with Gasteiger partial charge in [0.2, 0.25) is 0 Å². The molecule has 2 heterocycles. The van der Waals surface area contributed by atoms with E-state index in [1.165, 1.54) is 0 Å². The number of aliphatic hydroxyl groups excluding tert-OH is 1. The summed E-state index contributed by atoms with van der Waals surface area (Å²) < 4.78 is 26.9. The molecule has 1 saturated heterocycles. The van der Waals surface area contributed by atoms with Crippen molar-refractivity contribution in [2.75, 3.05) is 23.8 Å².